The molecule has 2 nitrogen and oxygen atoms in total. The van der Waals surface area contributed by atoms with Crippen molar-refractivity contribution in [2.24, 2.45) is 11.7 Å². The molecule has 0 amide bonds. The molecule has 94 valence electrons. The van der Waals surface area contributed by atoms with Gasteiger partial charge in [0.25, 0.3) is 0 Å². The van der Waals surface area contributed by atoms with Crippen LogP contribution in [0, 0.1) is 5.92 Å². The van der Waals surface area contributed by atoms with Gasteiger partial charge in [-0.25, -0.2) is 0 Å². The molecule has 1 aliphatic rings. The summed E-state index contributed by atoms with van der Waals surface area (Å²) in [4.78, 5) is 2.59. The van der Waals surface area contributed by atoms with Crippen molar-refractivity contribution < 1.29 is 0 Å². The number of hydrogen-bond donors (Lipinski definition) is 1. The van der Waals surface area contributed by atoms with Gasteiger partial charge in [0.05, 0.1) is 0 Å². The maximum absolute atomic E-state index is 5.76. The lowest BCUT2D eigenvalue weighted by Crippen LogP contribution is -2.34. The summed E-state index contributed by atoms with van der Waals surface area (Å²) in [6.45, 7) is 6.75. The van der Waals surface area contributed by atoms with Crippen LogP contribution in [0.3, 0.4) is 0 Å². The van der Waals surface area contributed by atoms with Crippen molar-refractivity contribution in [3.8, 4) is 0 Å². The monoisotopic (exact) mass is 232 g/mol. The highest BCUT2D eigenvalue weighted by Crippen LogP contribution is 2.17. The first-order chi connectivity index (χ1) is 8.29. The number of piperidine rings is 1. The summed E-state index contributed by atoms with van der Waals surface area (Å²) in [7, 11) is 0. The van der Waals surface area contributed by atoms with E-state index in [0.717, 1.165) is 12.3 Å². The van der Waals surface area contributed by atoms with Gasteiger partial charge >= 0.3 is 0 Å². The maximum atomic E-state index is 5.76. The molecule has 1 aromatic rings. The van der Waals surface area contributed by atoms with Gasteiger partial charge in [0, 0.05) is 13.1 Å². The van der Waals surface area contributed by atoms with Crippen molar-refractivity contribution in [2.75, 3.05) is 19.6 Å². The van der Waals surface area contributed by atoms with Crippen LogP contribution in [-0.2, 0) is 13.0 Å². The van der Waals surface area contributed by atoms with Crippen molar-refractivity contribution in [2.45, 2.75) is 32.7 Å². The van der Waals surface area contributed by atoms with E-state index in [1.165, 1.54) is 43.6 Å². The SMILES string of the molecule is CC1CCN(CCc2ccccc2CN)CC1. The average molecular weight is 232 g/mol. The van der Waals surface area contributed by atoms with E-state index in [4.69, 9.17) is 5.73 Å². The Kier molecular flexibility index (Phi) is 4.57. The molecule has 0 bridgehead atoms. The Labute approximate surface area is 105 Å². The van der Waals surface area contributed by atoms with Gasteiger partial charge in [0.2, 0.25) is 0 Å². The third kappa shape index (κ3) is 3.55. The normalized spacial score (nSPS) is 18.5. The Morgan fingerprint density at radius 2 is 1.82 bits per heavy atom. The molecule has 1 fully saturated rings. The van der Waals surface area contributed by atoms with Crippen LogP contribution >= 0.6 is 0 Å². The van der Waals surface area contributed by atoms with Crippen molar-refractivity contribution in [1.29, 1.82) is 0 Å². The number of hydrogen-bond acceptors (Lipinski definition) is 2. The van der Waals surface area contributed by atoms with E-state index in [9.17, 15) is 0 Å². The van der Waals surface area contributed by atoms with Gasteiger partial charge in [0.1, 0.15) is 0 Å². The zero-order chi connectivity index (χ0) is 12.1. The minimum absolute atomic E-state index is 0.660. The molecule has 1 aromatic carbocycles. The van der Waals surface area contributed by atoms with Gasteiger partial charge < -0.3 is 10.6 Å². The Bertz CT molecular complexity index is 341. The highest BCUT2D eigenvalue weighted by atomic mass is 15.1. The fourth-order valence-corrected chi connectivity index (χ4v) is 2.56. The Morgan fingerprint density at radius 1 is 1.18 bits per heavy atom. The molecule has 0 atom stereocenters. The van der Waals surface area contributed by atoms with E-state index in [1.54, 1.807) is 0 Å². The molecule has 0 aromatic heterocycles. The van der Waals surface area contributed by atoms with E-state index in [1.807, 2.05) is 0 Å². The number of likely N-dealkylation sites (tertiary alicyclic amines) is 1. The summed E-state index contributed by atoms with van der Waals surface area (Å²) in [5, 5.41) is 0. The zero-order valence-electron chi connectivity index (χ0n) is 10.9. The van der Waals surface area contributed by atoms with Gasteiger partial charge in [-0.05, 0) is 49.4 Å². The number of nitrogens with zero attached hydrogens (tertiary/aromatic N) is 1. The molecule has 2 rings (SSSR count). The summed E-state index contributed by atoms with van der Waals surface area (Å²) in [6, 6.07) is 8.56. The third-order valence-corrected chi connectivity index (χ3v) is 3.91. The number of rotatable bonds is 4. The van der Waals surface area contributed by atoms with Crippen molar-refractivity contribution in [3.63, 3.8) is 0 Å². The molecule has 0 spiro atoms. The lowest BCUT2D eigenvalue weighted by atomic mass is 9.98. The van der Waals surface area contributed by atoms with Crippen LogP contribution in [0.4, 0.5) is 0 Å². The molecular weight excluding hydrogens is 208 g/mol. The minimum atomic E-state index is 0.660. The maximum Gasteiger partial charge on any atom is 0.0180 e. The fourth-order valence-electron chi connectivity index (χ4n) is 2.56. The van der Waals surface area contributed by atoms with Gasteiger partial charge in [-0.1, -0.05) is 31.2 Å². The highest BCUT2D eigenvalue weighted by Gasteiger charge is 2.15. The molecule has 1 heterocycles. The van der Waals surface area contributed by atoms with Crippen LogP contribution in [0.15, 0.2) is 24.3 Å². The second kappa shape index (κ2) is 6.18. The summed E-state index contributed by atoms with van der Waals surface area (Å²) in [6.07, 6.45) is 3.86. The Morgan fingerprint density at radius 3 is 2.47 bits per heavy atom. The summed E-state index contributed by atoms with van der Waals surface area (Å²) in [5.74, 6) is 0.919. The highest BCUT2D eigenvalue weighted by molar-refractivity contribution is 5.27. The smallest absolute Gasteiger partial charge is 0.0180 e. The lowest BCUT2D eigenvalue weighted by Gasteiger charge is -2.30. The molecule has 0 unspecified atom stereocenters. The van der Waals surface area contributed by atoms with Crippen LogP contribution in [0.2, 0.25) is 0 Å². The lowest BCUT2D eigenvalue weighted by molar-refractivity contribution is 0.194. The predicted molar refractivity (Wildman–Crippen MR) is 72.9 cm³/mol. The number of nitrogens with two attached hydrogens (primary N) is 1. The van der Waals surface area contributed by atoms with Crippen LogP contribution in [0.5, 0.6) is 0 Å². The molecular formula is C15H24N2. The summed E-state index contributed by atoms with van der Waals surface area (Å²) >= 11 is 0. The zero-order valence-corrected chi connectivity index (χ0v) is 10.9. The topological polar surface area (TPSA) is 29.3 Å². The standard InChI is InChI=1S/C15H24N2/c1-13-6-9-17(10-7-13)11-8-14-4-2-3-5-15(14)12-16/h2-5,13H,6-12,16H2,1H3. The van der Waals surface area contributed by atoms with Crippen molar-refractivity contribution >= 4 is 0 Å². The Hall–Kier alpha value is -0.860. The molecule has 1 saturated heterocycles. The van der Waals surface area contributed by atoms with Crippen molar-refractivity contribution in [3.05, 3.63) is 35.4 Å². The van der Waals surface area contributed by atoms with Gasteiger partial charge in [-0.15, -0.1) is 0 Å². The van der Waals surface area contributed by atoms with E-state index in [0.29, 0.717) is 6.54 Å². The van der Waals surface area contributed by atoms with E-state index in [2.05, 4.69) is 36.1 Å². The van der Waals surface area contributed by atoms with E-state index >= 15 is 0 Å². The second-order valence-electron chi connectivity index (χ2n) is 5.25. The molecule has 0 radical (unpaired) electrons. The quantitative estimate of drug-likeness (QED) is 0.864. The summed E-state index contributed by atoms with van der Waals surface area (Å²) in [5.41, 5.74) is 8.49. The average Bonchev–Trinajstić information content (AvgIpc) is 2.38. The minimum Gasteiger partial charge on any atom is -0.326 e. The van der Waals surface area contributed by atoms with Gasteiger partial charge in [-0.3, -0.25) is 0 Å². The van der Waals surface area contributed by atoms with Crippen LogP contribution in [-0.4, -0.2) is 24.5 Å². The van der Waals surface area contributed by atoms with Gasteiger partial charge in [-0.2, -0.15) is 0 Å². The first kappa shape index (κ1) is 12.6. The fraction of sp³-hybridized carbons (Fsp3) is 0.600. The third-order valence-electron chi connectivity index (χ3n) is 3.91. The first-order valence-corrected chi connectivity index (χ1v) is 6.79. The van der Waals surface area contributed by atoms with Gasteiger partial charge in [0.15, 0.2) is 0 Å². The molecule has 2 heteroatoms. The first-order valence-electron chi connectivity index (χ1n) is 6.79. The molecule has 0 aliphatic carbocycles. The molecule has 2 N–H and O–H groups in total. The van der Waals surface area contributed by atoms with Crippen molar-refractivity contribution in [1.82, 2.24) is 4.90 Å². The van der Waals surface area contributed by atoms with E-state index in [-0.39, 0.29) is 0 Å². The van der Waals surface area contributed by atoms with E-state index < -0.39 is 0 Å². The largest absolute Gasteiger partial charge is 0.326 e. The predicted octanol–water partition coefficient (Wildman–Crippen LogP) is 2.42. The second-order valence-corrected chi connectivity index (χ2v) is 5.25. The van der Waals surface area contributed by atoms with Crippen LogP contribution < -0.4 is 5.73 Å². The summed E-state index contributed by atoms with van der Waals surface area (Å²) < 4.78 is 0. The number of benzene rings is 1. The Balaban J connectivity index is 1.85. The molecule has 17 heavy (non-hydrogen) atoms. The molecule has 0 saturated carbocycles. The van der Waals surface area contributed by atoms with Crippen LogP contribution in [0.1, 0.15) is 30.9 Å². The van der Waals surface area contributed by atoms with Crippen LogP contribution in [0.25, 0.3) is 0 Å². The molecule has 1 aliphatic heterocycles.